The van der Waals surface area contributed by atoms with Crippen LogP contribution in [0.25, 0.3) is 0 Å². The van der Waals surface area contributed by atoms with E-state index in [0.717, 1.165) is 5.25 Å². The van der Waals surface area contributed by atoms with Crippen LogP contribution in [0, 0.1) is 0 Å². The monoisotopic (exact) mass is 158 g/mol. The molecule has 0 unspecified atom stereocenters. The van der Waals surface area contributed by atoms with Gasteiger partial charge in [0.1, 0.15) is 0 Å². The first-order valence-corrected chi connectivity index (χ1v) is 5.05. The second-order valence-corrected chi connectivity index (χ2v) is 4.32. The van der Waals surface area contributed by atoms with Crippen LogP contribution in [0.1, 0.15) is 33.6 Å². The molecule has 1 heteroatoms. The van der Waals surface area contributed by atoms with Crippen LogP contribution in [-0.2, 0) is 0 Å². The molecule has 0 nitrogen and oxygen atoms in total. The lowest BCUT2D eigenvalue weighted by Gasteiger charge is -2.01. The van der Waals surface area contributed by atoms with Gasteiger partial charge in [-0.3, -0.25) is 0 Å². The molecule has 10 heavy (non-hydrogen) atoms. The third-order valence-electron chi connectivity index (χ3n) is 1.20. The normalized spacial score (nSPS) is 11.6. The lowest BCUT2D eigenvalue weighted by atomic mass is 10.3. The smallest absolute Gasteiger partial charge is 0.000968 e. The SMILES string of the molecule is C/C=C/CCCSC(C)C. The minimum atomic E-state index is 0.797. The zero-order valence-electron chi connectivity index (χ0n) is 7.26. The molecule has 0 saturated heterocycles. The van der Waals surface area contributed by atoms with Gasteiger partial charge in [0.05, 0.1) is 0 Å². The molecule has 0 saturated carbocycles. The molecule has 0 N–H and O–H groups in total. The summed E-state index contributed by atoms with van der Waals surface area (Å²) in [6.07, 6.45) is 6.93. The first-order valence-electron chi connectivity index (χ1n) is 4.00. The molecule has 0 rings (SSSR count). The quantitative estimate of drug-likeness (QED) is 0.436. The van der Waals surface area contributed by atoms with Gasteiger partial charge >= 0.3 is 0 Å². The second-order valence-electron chi connectivity index (χ2n) is 2.63. The Hall–Kier alpha value is 0.0900. The van der Waals surface area contributed by atoms with Gasteiger partial charge in [-0.1, -0.05) is 26.0 Å². The van der Waals surface area contributed by atoms with Crippen LogP contribution in [0.4, 0.5) is 0 Å². The number of allylic oxidation sites excluding steroid dienone is 2. The summed E-state index contributed by atoms with van der Waals surface area (Å²) in [6.45, 7) is 6.58. The van der Waals surface area contributed by atoms with E-state index in [9.17, 15) is 0 Å². The molecule has 60 valence electrons. The van der Waals surface area contributed by atoms with Gasteiger partial charge in [-0.15, -0.1) is 0 Å². The Balaban J connectivity index is 2.91. The van der Waals surface area contributed by atoms with Gasteiger partial charge in [0, 0.05) is 0 Å². The molecule has 0 aromatic carbocycles. The maximum Gasteiger partial charge on any atom is -0.000968 e. The third-order valence-corrected chi connectivity index (χ3v) is 2.39. The zero-order valence-corrected chi connectivity index (χ0v) is 8.08. The molecule has 0 aromatic heterocycles. The van der Waals surface area contributed by atoms with E-state index in [1.54, 1.807) is 0 Å². The minimum Gasteiger partial charge on any atom is -0.159 e. The highest BCUT2D eigenvalue weighted by molar-refractivity contribution is 7.99. The van der Waals surface area contributed by atoms with E-state index >= 15 is 0 Å². The maximum absolute atomic E-state index is 2.25. The average Bonchev–Trinajstić information content (AvgIpc) is 1.87. The van der Waals surface area contributed by atoms with E-state index in [0.29, 0.717) is 0 Å². The van der Waals surface area contributed by atoms with Crippen molar-refractivity contribution in [3.8, 4) is 0 Å². The van der Waals surface area contributed by atoms with Crippen molar-refractivity contribution in [1.29, 1.82) is 0 Å². The summed E-state index contributed by atoms with van der Waals surface area (Å²) in [5.74, 6) is 1.31. The third kappa shape index (κ3) is 8.09. The second kappa shape index (κ2) is 7.20. The van der Waals surface area contributed by atoms with Gasteiger partial charge in [-0.05, 0) is 30.8 Å². The lowest BCUT2D eigenvalue weighted by Crippen LogP contribution is -1.88. The minimum absolute atomic E-state index is 0.797. The molecule has 0 heterocycles. The van der Waals surface area contributed by atoms with Gasteiger partial charge in [-0.25, -0.2) is 0 Å². The van der Waals surface area contributed by atoms with E-state index in [4.69, 9.17) is 0 Å². The number of rotatable bonds is 5. The predicted molar refractivity (Wildman–Crippen MR) is 51.6 cm³/mol. The summed E-state index contributed by atoms with van der Waals surface area (Å²) in [5.41, 5.74) is 0. The van der Waals surface area contributed by atoms with Crippen molar-refractivity contribution in [3.05, 3.63) is 12.2 Å². The van der Waals surface area contributed by atoms with Crippen LogP contribution in [0.3, 0.4) is 0 Å². The first kappa shape index (κ1) is 10.1. The summed E-state index contributed by atoms with van der Waals surface area (Å²) in [6, 6.07) is 0. The molecule has 0 spiro atoms. The Morgan fingerprint density at radius 1 is 1.40 bits per heavy atom. The highest BCUT2D eigenvalue weighted by Gasteiger charge is 1.91. The fourth-order valence-electron chi connectivity index (χ4n) is 0.687. The van der Waals surface area contributed by atoms with Crippen molar-refractivity contribution < 1.29 is 0 Å². The molecule has 0 amide bonds. The van der Waals surface area contributed by atoms with Gasteiger partial charge in [0.25, 0.3) is 0 Å². The molecule has 0 aliphatic rings. The number of unbranched alkanes of at least 4 members (excludes halogenated alkanes) is 1. The number of hydrogen-bond donors (Lipinski definition) is 0. The molecule has 0 bridgehead atoms. The summed E-state index contributed by atoms with van der Waals surface area (Å²) < 4.78 is 0. The molecular weight excluding hydrogens is 140 g/mol. The Bertz CT molecular complexity index is 84.7. The summed E-state index contributed by atoms with van der Waals surface area (Å²) in [5, 5.41) is 0.797. The fourth-order valence-corrected chi connectivity index (χ4v) is 1.49. The molecule has 0 fully saturated rings. The van der Waals surface area contributed by atoms with Crippen molar-refractivity contribution in [3.63, 3.8) is 0 Å². The molecule has 0 aromatic rings. The van der Waals surface area contributed by atoms with Crippen LogP contribution >= 0.6 is 11.8 Å². The first-order chi connectivity index (χ1) is 4.77. The van der Waals surface area contributed by atoms with Gasteiger partial charge in [0.15, 0.2) is 0 Å². The largest absolute Gasteiger partial charge is 0.159 e. The van der Waals surface area contributed by atoms with Crippen molar-refractivity contribution in [2.75, 3.05) is 5.75 Å². The number of thioether (sulfide) groups is 1. The highest BCUT2D eigenvalue weighted by atomic mass is 32.2. The maximum atomic E-state index is 2.25. The molecule has 0 radical (unpaired) electrons. The predicted octanol–water partition coefficient (Wildman–Crippen LogP) is 3.48. The highest BCUT2D eigenvalue weighted by Crippen LogP contribution is 2.11. The van der Waals surface area contributed by atoms with Crippen LogP contribution < -0.4 is 0 Å². The Labute approximate surface area is 69.1 Å². The van der Waals surface area contributed by atoms with Gasteiger partial charge < -0.3 is 0 Å². The Morgan fingerprint density at radius 3 is 2.60 bits per heavy atom. The van der Waals surface area contributed by atoms with Crippen LogP contribution in [0.15, 0.2) is 12.2 Å². The van der Waals surface area contributed by atoms with Crippen molar-refractivity contribution in [2.24, 2.45) is 0 Å². The molecule has 0 aliphatic carbocycles. The standard InChI is InChI=1S/C9H18S/c1-4-5-6-7-8-10-9(2)3/h4-5,9H,6-8H2,1-3H3/b5-4+. The summed E-state index contributed by atoms with van der Waals surface area (Å²) in [4.78, 5) is 0. The fraction of sp³-hybridized carbons (Fsp3) is 0.778. The van der Waals surface area contributed by atoms with E-state index in [-0.39, 0.29) is 0 Å². The lowest BCUT2D eigenvalue weighted by molar-refractivity contribution is 0.962. The van der Waals surface area contributed by atoms with Crippen molar-refractivity contribution in [2.45, 2.75) is 38.9 Å². The van der Waals surface area contributed by atoms with Gasteiger partial charge in [0.2, 0.25) is 0 Å². The topological polar surface area (TPSA) is 0 Å². The van der Waals surface area contributed by atoms with E-state index < -0.39 is 0 Å². The molecular formula is C9H18S. The average molecular weight is 158 g/mol. The van der Waals surface area contributed by atoms with E-state index in [1.165, 1.54) is 18.6 Å². The van der Waals surface area contributed by atoms with Gasteiger partial charge in [-0.2, -0.15) is 11.8 Å². The van der Waals surface area contributed by atoms with E-state index in [2.05, 4.69) is 32.9 Å². The zero-order chi connectivity index (χ0) is 7.82. The summed E-state index contributed by atoms with van der Waals surface area (Å²) >= 11 is 2.05. The van der Waals surface area contributed by atoms with Crippen LogP contribution in [-0.4, -0.2) is 11.0 Å². The summed E-state index contributed by atoms with van der Waals surface area (Å²) in [7, 11) is 0. The number of hydrogen-bond acceptors (Lipinski definition) is 1. The van der Waals surface area contributed by atoms with Crippen LogP contribution in [0.5, 0.6) is 0 Å². The Morgan fingerprint density at radius 2 is 2.10 bits per heavy atom. The van der Waals surface area contributed by atoms with Crippen LogP contribution in [0.2, 0.25) is 0 Å². The van der Waals surface area contributed by atoms with Crippen molar-refractivity contribution >= 4 is 11.8 Å². The van der Waals surface area contributed by atoms with E-state index in [1.807, 2.05) is 11.8 Å². The molecule has 0 aliphatic heterocycles. The van der Waals surface area contributed by atoms with Crippen molar-refractivity contribution in [1.82, 2.24) is 0 Å². The Kier molecular flexibility index (Phi) is 7.26. The molecule has 0 atom stereocenters.